The highest BCUT2D eigenvalue weighted by atomic mass is 19.1. The van der Waals surface area contributed by atoms with Gasteiger partial charge in [0, 0.05) is 5.69 Å². The molecule has 0 aromatic heterocycles. The molecule has 0 aliphatic rings. The highest BCUT2D eigenvalue weighted by Crippen LogP contribution is 2.14. The number of rotatable bonds is 3. The predicted octanol–water partition coefficient (Wildman–Crippen LogP) is 3.62. The van der Waals surface area contributed by atoms with Crippen LogP contribution in [0, 0.1) is 19.7 Å². The van der Waals surface area contributed by atoms with Crippen LogP contribution in [0.2, 0.25) is 0 Å². The summed E-state index contributed by atoms with van der Waals surface area (Å²) in [6.45, 7) is 3.96. The fourth-order valence-electron chi connectivity index (χ4n) is 2.08. The van der Waals surface area contributed by atoms with Gasteiger partial charge >= 0.3 is 0 Å². The molecule has 2 rings (SSSR count). The van der Waals surface area contributed by atoms with E-state index in [4.69, 9.17) is 0 Å². The third-order valence-corrected chi connectivity index (χ3v) is 2.76. The van der Waals surface area contributed by atoms with Gasteiger partial charge in [0.2, 0.25) is 5.91 Å². The maximum absolute atomic E-state index is 13.0. The van der Waals surface area contributed by atoms with Gasteiger partial charge in [-0.3, -0.25) is 4.79 Å². The fraction of sp³-hybridized carbons (Fsp3) is 0.188. The van der Waals surface area contributed by atoms with E-state index in [-0.39, 0.29) is 18.1 Å². The predicted molar refractivity (Wildman–Crippen MR) is 74.6 cm³/mol. The van der Waals surface area contributed by atoms with Crippen molar-refractivity contribution in [3.05, 3.63) is 65.0 Å². The summed E-state index contributed by atoms with van der Waals surface area (Å²) in [5.41, 5.74) is 3.64. The lowest BCUT2D eigenvalue weighted by molar-refractivity contribution is -0.115. The van der Waals surface area contributed by atoms with Crippen LogP contribution in [-0.4, -0.2) is 5.91 Å². The lowest BCUT2D eigenvalue weighted by Crippen LogP contribution is -2.14. The average molecular weight is 257 g/mol. The Kier molecular flexibility index (Phi) is 3.95. The summed E-state index contributed by atoms with van der Waals surface area (Å²) in [6.07, 6.45) is 0.171. The highest BCUT2D eigenvalue weighted by molar-refractivity contribution is 5.92. The lowest BCUT2D eigenvalue weighted by Gasteiger charge is -2.07. The van der Waals surface area contributed by atoms with Crippen LogP contribution in [0.5, 0.6) is 0 Å². The SMILES string of the molecule is Cc1cc(C)cc(NC(=O)Cc2cccc(F)c2)c1. The molecule has 0 aliphatic heterocycles. The second-order valence-corrected chi connectivity index (χ2v) is 4.73. The first-order chi connectivity index (χ1) is 9.02. The smallest absolute Gasteiger partial charge is 0.228 e. The first kappa shape index (κ1) is 13.3. The Hall–Kier alpha value is -2.16. The monoisotopic (exact) mass is 257 g/mol. The van der Waals surface area contributed by atoms with Crippen molar-refractivity contribution in [3.63, 3.8) is 0 Å². The standard InChI is InChI=1S/C16H16FNO/c1-11-6-12(2)8-15(7-11)18-16(19)10-13-4-3-5-14(17)9-13/h3-9H,10H2,1-2H3,(H,18,19). The minimum Gasteiger partial charge on any atom is -0.326 e. The molecule has 0 bridgehead atoms. The molecule has 2 aromatic rings. The first-order valence-electron chi connectivity index (χ1n) is 6.15. The minimum absolute atomic E-state index is 0.143. The molecule has 0 heterocycles. The van der Waals surface area contributed by atoms with E-state index in [2.05, 4.69) is 5.32 Å². The van der Waals surface area contributed by atoms with Crippen molar-refractivity contribution >= 4 is 11.6 Å². The van der Waals surface area contributed by atoms with Crippen molar-refractivity contribution in [1.82, 2.24) is 0 Å². The van der Waals surface area contributed by atoms with Crippen LogP contribution < -0.4 is 5.32 Å². The van der Waals surface area contributed by atoms with Crippen molar-refractivity contribution in [1.29, 1.82) is 0 Å². The molecule has 0 aliphatic carbocycles. The molecule has 2 aromatic carbocycles. The van der Waals surface area contributed by atoms with Gasteiger partial charge in [0.15, 0.2) is 0 Å². The van der Waals surface area contributed by atoms with Gasteiger partial charge in [-0.15, -0.1) is 0 Å². The maximum Gasteiger partial charge on any atom is 0.228 e. The van der Waals surface area contributed by atoms with Crippen molar-refractivity contribution in [2.24, 2.45) is 0 Å². The number of nitrogens with one attached hydrogen (secondary N) is 1. The summed E-state index contributed by atoms with van der Waals surface area (Å²) in [4.78, 5) is 11.9. The van der Waals surface area contributed by atoms with Crippen LogP contribution in [0.25, 0.3) is 0 Å². The third-order valence-electron chi connectivity index (χ3n) is 2.76. The minimum atomic E-state index is -0.322. The van der Waals surface area contributed by atoms with Crippen molar-refractivity contribution in [2.75, 3.05) is 5.32 Å². The van der Waals surface area contributed by atoms with Crippen LogP contribution in [0.15, 0.2) is 42.5 Å². The molecule has 2 nitrogen and oxygen atoms in total. The highest BCUT2D eigenvalue weighted by Gasteiger charge is 2.05. The first-order valence-corrected chi connectivity index (χ1v) is 6.15. The quantitative estimate of drug-likeness (QED) is 0.894. The van der Waals surface area contributed by atoms with Crippen molar-refractivity contribution in [3.8, 4) is 0 Å². The molecule has 1 N–H and O–H groups in total. The number of carbonyl (C=O) groups excluding carboxylic acids is 1. The number of amides is 1. The molecule has 3 heteroatoms. The van der Waals surface area contributed by atoms with Gasteiger partial charge in [0.1, 0.15) is 5.82 Å². The Bertz CT molecular complexity index is 587. The summed E-state index contributed by atoms with van der Waals surface area (Å²) in [6, 6.07) is 12.0. The van der Waals surface area contributed by atoms with E-state index in [1.807, 2.05) is 32.0 Å². The van der Waals surface area contributed by atoms with E-state index < -0.39 is 0 Å². The molecule has 0 saturated heterocycles. The zero-order chi connectivity index (χ0) is 13.8. The van der Waals surface area contributed by atoms with Crippen LogP contribution >= 0.6 is 0 Å². The van der Waals surface area contributed by atoms with Gasteiger partial charge in [-0.2, -0.15) is 0 Å². The maximum atomic E-state index is 13.0. The molecular formula is C16H16FNO. The van der Waals surface area contributed by atoms with Crippen LogP contribution in [0.4, 0.5) is 10.1 Å². The van der Waals surface area contributed by atoms with E-state index in [0.717, 1.165) is 16.8 Å². The summed E-state index contributed by atoms with van der Waals surface area (Å²) >= 11 is 0. The molecular weight excluding hydrogens is 241 g/mol. The molecule has 1 amide bonds. The van der Waals surface area contributed by atoms with Gasteiger partial charge in [0.05, 0.1) is 6.42 Å². The number of anilines is 1. The largest absolute Gasteiger partial charge is 0.326 e. The molecule has 0 saturated carbocycles. The second-order valence-electron chi connectivity index (χ2n) is 4.73. The summed E-state index contributed by atoms with van der Waals surface area (Å²) in [5.74, 6) is -0.465. The molecule has 0 unspecified atom stereocenters. The summed E-state index contributed by atoms with van der Waals surface area (Å²) in [5, 5.41) is 2.83. The number of carbonyl (C=O) groups is 1. The van der Waals surface area contributed by atoms with Gasteiger partial charge < -0.3 is 5.32 Å². The van der Waals surface area contributed by atoms with E-state index >= 15 is 0 Å². The summed E-state index contributed by atoms with van der Waals surface area (Å²) in [7, 11) is 0. The third kappa shape index (κ3) is 3.91. The van der Waals surface area contributed by atoms with Crippen LogP contribution in [0.3, 0.4) is 0 Å². The number of benzene rings is 2. The normalized spacial score (nSPS) is 10.3. The number of aryl methyl sites for hydroxylation is 2. The van der Waals surface area contributed by atoms with E-state index in [0.29, 0.717) is 5.56 Å². The molecule has 0 atom stereocenters. The Morgan fingerprint density at radius 3 is 2.42 bits per heavy atom. The topological polar surface area (TPSA) is 29.1 Å². The van der Waals surface area contributed by atoms with Gasteiger partial charge in [-0.1, -0.05) is 18.2 Å². The van der Waals surface area contributed by atoms with Gasteiger partial charge in [-0.25, -0.2) is 4.39 Å². The Balaban J connectivity index is 2.05. The molecule has 0 fully saturated rings. The van der Waals surface area contributed by atoms with Crippen LogP contribution in [-0.2, 0) is 11.2 Å². The Morgan fingerprint density at radius 2 is 1.79 bits per heavy atom. The van der Waals surface area contributed by atoms with E-state index in [1.165, 1.54) is 12.1 Å². The number of hydrogen-bond acceptors (Lipinski definition) is 1. The van der Waals surface area contributed by atoms with Crippen molar-refractivity contribution in [2.45, 2.75) is 20.3 Å². The van der Waals surface area contributed by atoms with E-state index in [9.17, 15) is 9.18 Å². The average Bonchev–Trinajstić information content (AvgIpc) is 2.26. The zero-order valence-electron chi connectivity index (χ0n) is 11.0. The van der Waals surface area contributed by atoms with Crippen molar-refractivity contribution < 1.29 is 9.18 Å². The van der Waals surface area contributed by atoms with Gasteiger partial charge in [-0.05, 0) is 54.8 Å². The lowest BCUT2D eigenvalue weighted by atomic mass is 10.1. The van der Waals surface area contributed by atoms with Gasteiger partial charge in [0.25, 0.3) is 0 Å². The molecule has 98 valence electrons. The number of hydrogen-bond donors (Lipinski definition) is 1. The Morgan fingerprint density at radius 1 is 1.11 bits per heavy atom. The fourth-order valence-corrected chi connectivity index (χ4v) is 2.08. The second kappa shape index (κ2) is 5.65. The van der Waals surface area contributed by atoms with E-state index in [1.54, 1.807) is 12.1 Å². The zero-order valence-corrected chi connectivity index (χ0v) is 11.0. The Labute approximate surface area is 112 Å². The number of halogens is 1. The molecule has 19 heavy (non-hydrogen) atoms. The van der Waals surface area contributed by atoms with Crippen LogP contribution in [0.1, 0.15) is 16.7 Å². The summed E-state index contributed by atoms with van der Waals surface area (Å²) < 4.78 is 13.0. The molecule has 0 spiro atoms. The molecule has 0 radical (unpaired) electrons.